The lowest BCUT2D eigenvalue weighted by Crippen LogP contribution is -2.05. The van der Waals surface area contributed by atoms with Crippen LogP contribution in [0.1, 0.15) is 41.0 Å². The van der Waals surface area contributed by atoms with Crippen LogP contribution in [0.3, 0.4) is 0 Å². The van der Waals surface area contributed by atoms with Crippen LogP contribution in [0.25, 0.3) is 0 Å². The summed E-state index contributed by atoms with van der Waals surface area (Å²) in [4.78, 5) is 3.68. The Hall–Kier alpha value is -0.790. The van der Waals surface area contributed by atoms with Gasteiger partial charge < -0.3 is 5.32 Å². The minimum Gasteiger partial charge on any atom is -0.351 e. The largest absolute Gasteiger partial charge is 0.351 e. The van der Waals surface area contributed by atoms with Crippen molar-refractivity contribution in [2.45, 2.75) is 41.0 Å². The third kappa shape index (κ3) is 60.2. The van der Waals surface area contributed by atoms with Crippen molar-refractivity contribution in [2.75, 3.05) is 7.05 Å². The number of allylic oxidation sites excluding steroid dienone is 1. The third-order valence-electron chi connectivity index (χ3n) is 0.440. The van der Waals surface area contributed by atoms with Gasteiger partial charge in [0.25, 0.3) is 0 Å². The second-order valence-electron chi connectivity index (χ2n) is 2.02. The van der Waals surface area contributed by atoms with Gasteiger partial charge in [0.1, 0.15) is 0 Å². The van der Waals surface area contributed by atoms with Crippen LogP contribution in [0.4, 0.5) is 0 Å². The lowest BCUT2D eigenvalue weighted by Gasteiger charge is -1.90. The van der Waals surface area contributed by atoms with E-state index in [-0.39, 0.29) is 0 Å². The Labute approximate surface area is 77.8 Å². The second kappa shape index (κ2) is 22.5. The van der Waals surface area contributed by atoms with Crippen LogP contribution in [0, 0.1) is 0 Å². The maximum absolute atomic E-state index is 3.68. The molecule has 0 rings (SSSR count). The first-order valence-corrected chi connectivity index (χ1v) is 4.51. The summed E-state index contributed by atoms with van der Waals surface area (Å²) < 4.78 is 0. The standard InChI is InChI=1S/C5H10N2.C3H8.C2H6/c1-5(2)7-4-6-3;1-3-2;1-2/h4H,1H2,2-3H3,(H,6,7);3H2,1-2H3;1-2H3. The van der Waals surface area contributed by atoms with Gasteiger partial charge in [-0.2, -0.15) is 0 Å². The van der Waals surface area contributed by atoms with Crippen molar-refractivity contribution in [2.24, 2.45) is 4.99 Å². The molecule has 0 aliphatic rings. The van der Waals surface area contributed by atoms with Crippen molar-refractivity contribution in [1.29, 1.82) is 0 Å². The second-order valence-corrected chi connectivity index (χ2v) is 2.02. The van der Waals surface area contributed by atoms with E-state index in [1.807, 2.05) is 20.8 Å². The predicted octanol–water partition coefficient (Wildman–Crippen LogP) is 3.21. The third-order valence-corrected chi connectivity index (χ3v) is 0.440. The van der Waals surface area contributed by atoms with Crippen LogP contribution >= 0.6 is 0 Å². The summed E-state index contributed by atoms with van der Waals surface area (Å²) in [5, 5.41) is 2.81. The zero-order valence-corrected chi connectivity index (χ0v) is 9.44. The number of hydrogen-bond acceptors (Lipinski definition) is 1. The fraction of sp³-hybridized carbons (Fsp3) is 0.700. The first-order chi connectivity index (χ1) is 5.68. The number of hydrogen-bond donors (Lipinski definition) is 1. The maximum atomic E-state index is 3.68. The maximum Gasteiger partial charge on any atom is 0.0861 e. The monoisotopic (exact) mass is 172 g/mol. The molecule has 0 unspecified atom stereocenters. The molecule has 0 fully saturated rings. The number of aliphatic imine (C=N–C) groups is 1. The minimum absolute atomic E-state index is 0.908. The Morgan fingerprint density at radius 2 is 1.75 bits per heavy atom. The highest BCUT2D eigenvalue weighted by Gasteiger charge is 1.69. The van der Waals surface area contributed by atoms with Crippen molar-refractivity contribution in [3.05, 3.63) is 12.3 Å². The highest BCUT2D eigenvalue weighted by atomic mass is 14.9. The van der Waals surface area contributed by atoms with Crippen LogP contribution in [0.5, 0.6) is 0 Å². The van der Waals surface area contributed by atoms with E-state index >= 15 is 0 Å². The van der Waals surface area contributed by atoms with E-state index in [0.717, 1.165) is 5.70 Å². The summed E-state index contributed by atoms with van der Waals surface area (Å²) in [5.41, 5.74) is 0.908. The van der Waals surface area contributed by atoms with Crippen LogP contribution in [-0.4, -0.2) is 13.4 Å². The van der Waals surface area contributed by atoms with Crippen molar-refractivity contribution >= 4 is 6.34 Å². The fourth-order valence-electron chi connectivity index (χ4n) is 0.175. The molecule has 2 nitrogen and oxygen atoms in total. The van der Waals surface area contributed by atoms with E-state index in [1.54, 1.807) is 13.4 Å². The SMILES string of the molecule is C=C(C)NC=NC.CC.CCC. The van der Waals surface area contributed by atoms with Crippen LogP contribution in [-0.2, 0) is 0 Å². The predicted molar refractivity (Wildman–Crippen MR) is 59.7 cm³/mol. The molecule has 0 radical (unpaired) electrons. The summed E-state index contributed by atoms with van der Waals surface area (Å²) in [6.07, 6.45) is 2.85. The molecule has 74 valence electrons. The zero-order valence-electron chi connectivity index (χ0n) is 9.44. The molecular formula is C10H24N2. The van der Waals surface area contributed by atoms with Gasteiger partial charge in [0, 0.05) is 12.7 Å². The number of nitrogens with one attached hydrogen (secondary N) is 1. The Morgan fingerprint density at radius 1 is 1.42 bits per heavy atom. The lowest BCUT2D eigenvalue weighted by molar-refractivity contribution is 1.09. The molecule has 0 bridgehead atoms. The first-order valence-electron chi connectivity index (χ1n) is 4.51. The van der Waals surface area contributed by atoms with Crippen LogP contribution in [0.15, 0.2) is 17.3 Å². The topological polar surface area (TPSA) is 24.4 Å². The van der Waals surface area contributed by atoms with Gasteiger partial charge in [0.15, 0.2) is 0 Å². The van der Waals surface area contributed by atoms with E-state index in [0.29, 0.717) is 0 Å². The average molecular weight is 172 g/mol. The fourth-order valence-corrected chi connectivity index (χ4v) is 0.175. The molecule has 0 aliphatic heterocycles. The molecule has 1 N–H and O–H groups in total. The lowest BCUT2D eigenvalue weighted by atomic mass is 10.6. The van der Waals surface area contributed by atoms with Crippen LogP contribution in [0.2, 0.25) is 0 Å². The van der Waals surface area contributed by atoms with Gasteiger partial charge in [0.05, 0.1) is 6.34 Å². The molecule has 0 heterocycles. The van der Waals surface area contributed by atoms with E-state index in [1.165, 1.54) is 6.42 Å². The van der Waals surface area contributed by atoms with Gasteiger partial charge in [-0.1, -0.05) is 40.7 Å². The minimum atomic E-state index is 0.908. The molecule has 12 heavy (non-hydrogen) atoms. The average Bonchev–Trinajstić information content (AvgIpc) is 2.06. The Morgan fingerprint density at radius 3 is 1.83 bits per heavy atom. The molecule has 0 spiro atoms. The van der Waals surface area contributed by atoms with Gasteiger partial charge in [-0.15, -0.1) is 0 Å². The molecular weight excluding hydrogens is 148 g/mol. The molecule has 0 saturated heterocycles. The molecule has 0 aromatic carbocycles. The van der Waals surface area contributed by atoms with Gasteiger partial charge in [0.2, 0.25) is 0 Å². The van der Waals surface area contributed by atoms with E-state index in [9.17, 15) is 0 Å². The van der Waals surface area contributed by atoms with Gasteiger partial charge in [-0.05, 0) is 6.92 Å². The summed E-state index contributed by atoms with van der Waals surface area (Å²) in [6, 6.07) is 0. The molecule has 0 amide bonds. The zero-order chi connectivity index (χ0) is 10.4. The highest BCUT2D eigenvalue weighted by molar-refractivity contribution is 5.56. The van der Waals surface area contributed by atoms with Crippen molar-refractivity contribution < 1.29 is 0 Å². The van der Waals surface area contributed by atoms with Gasteiger partial charge in [-0.3, -0.25) is 4.99 Å². The van der Waals surface area contributed by atoms with E-state index < -0.39 is 0 Å². The Bertz CT molecular complexity index is 96.0. The summed E-state index contributed by atoms with van der Waals surface area (Å²) in [6.45, 7) is 13.7. The highest BCUT2D eigenvalue weighted by Crippen LogP contribution is 1.70. The van der Waals surface area contributed by atoms with Gasteiger partial charge in [-0.25, -0.2) is 0 Å². The molecule has 0 aliphatic carbocycles. The summed E-state index contributed by atoms with van der Waals surface area (Å²) in [5.74, 6) is 0. The molecule has 0 aromatic heterocycles. The molecule has 0 aromatic rings. The van der Waals surface area contributed by atoms with E-state index in [4.69, 9.17) is 0 Å². The quantitative estimate of drug-likeness (QED) is 0.502. The summed E-state index contributed by atoms with van der Waals surface area (Å²) >= 11 is 0. The smallest absolute Gasteiger partial charge is 0.0861 e. The van der Waals surface area contributed by atoms with Crippen molar-refractivity contribution in [3.8, 4) is 0 Å². The van der Waals surface area contributed by atoms with Crippen molar-refractivity contribution in [1.82, 2.24) is 5.32 Å². The number of nitrogens with zero attached hydrogens (tertiary/aromatic N) is 1. The Balaban J connectivity index is -0.000000137. The van der Waals surface area contributed by atoms with Gasteiger partial charge >= 0.3 is 0 Å². The number of rotatable bonds is 2. The van der Waals surface area contributed by atoms with Crippen molar-refractivity contribution in [3.63, 3.8) is 0 Å². The molecule has 0 saturated carbocycles. The normalized spacial score (nSPS) is 7.50. The molecule has 0 atom stereocenters. The Kier molecular flexibility index (Phi) is 32.4. The molecule has 2 heteroatoms. The summed E-state index contributed by atoms with van der Waals surface area (Å²) in [7, 11) is 1.70. The van der Waals surface area contributed by atoms with E-state index in [2.05, 4.69) is 30.7 Å². The first kappa shape index (κ1) is 17.3. The van der Waals surface area contributed by atoms with Crippen LogP contribution < -0.4 is 5.32 Å².